The number of benzene rings is 2. The van der Waals surface area contributed by atoms with Crippen molar-refractivity contribution < 1.29 is 18.7 Å². The molecular weight excluding hydrogens is 416 g/mol. The summed E-state index contributed by atoms with van der Waals surface area (Å²) in [4.78, 5) is 12.6. The fourth-order valence-electron chi connectivity index (χ4n) is 3.31. The monoisotopic (exact) mass is 433 g/mol. The number of nitriles is 1. The number of halogens is 3. The van der Waals surface area contributed by atoms with E-state index in [-0.39, 0.29) is 21.6 Å². The van der Waals surface area contributed by atoms with Gasteiger partial charge in [-0.1, -0.05) is 61.3 Å². The Kier molecular flexibility index (Phi) is 6.16. The maximum absolute atomic E-state index is 14.2. The van der Waals surface area contributed by atoms with E-state index >= 15 is 0 Å². The van der Waals surface area contributed by atoms with Crippen molar-refractivity contribution in [3.63, 3.8) is 0 Å². The standard InChI is InChI=1S/C22H18Cl2FNO3/c1-22(2)15(11-19(23)24)20(22)21(27)29-18(12-26)13-8-9-16(25)17(10-13)28-14-6-4-3-5-7-14/h3-11,15,18,20H,1-2H3/t15-,18?,20+/m1/s1. The van der Waals surface area contributed by atoms with E-state index in [1.54, 1.807) is 30.3 Å². The lowest BCUT2D eigenvalue weighted by Gasteiger charge is -2.14. The number of para-hydroxylation sites is 1. The Balaban J connectivity index is 1.77. The molecule has 1 unspecified atom stereocenters. The molecule has 2 aromatic carbocycles. The van der Waals surface area contributed by atoms with E-state index in [9.17, 15) is 14.4 Å². The van der Waals surface area contributed by atoms with E-state index < -0.39 is 23.8 Å². The van der Waals surface area contributed by atoms with Gasteiger partial charge in [0.25, 0.3) is 0 Å². The first-order valence-electron chi connectivity index (χ1n) is 8.89. The van der Waals surface area contributed by atoms with Crippen LogP contribution < -0.4 is 4.74 Å². The number of hydrogen-bond acceptors (Lipinski definition) is 4. The summed E-state index contributed by atoms with van der Waals surface area (Å²) in [5.41, 5.74) is -0.0645. The van der Waals surface area contributed by atoms with E-state index in [4.69, 9.17) is 32.7 Å². The van der Waals surface area contributed by atoms with Gasteiger partial charge in [-0.15, -0.1) is 0 Å². The molecule has 0 bridgehead atoms. The van der Waals surface area contributed by atoms with Crippen LogP contribution in [0, 0.1) is 34.4 Å². The summed E-state index contributed by atoms with van der Waals surface area (Å²) < 4.78 is 25.2. The highest BCUT2D eigenvalue weighted by molar-refractivity contribution is 6.55. The zero-order valence-electron chi connectivity index (χ0n) is 15.7. The maximum Gasteiger partial charge on any atom is 0.311 e. The first-order valence-corrected chi connectivity index (χ1v) is 9.65. The number of hydrogen-bond donors (Lipinski definition) is 0. The number of nitrogens with zero attached hydrogens (tertiary/aromatic N) is 1. The first-order chi connectivity index (χ1) is 13.7. The molecule has 2 aromatic rings. The van der Waals surface area contributed by atoms with E-state index in [1.807, 2.05) is 26.0 Å². The minimum atomic E-state index is -1.20. The third kappa shape index (κ3) is 4.72. The maximum atomic E-state index is 14.2. The predicted molar refractivity (Wildman–Crippen MR) is 108 cm³/mol. The van der Waals surface area contributed by atoms with Crippen molar-refractivity contribution >= 4 is 29.2 Å². The Morgan fingerprint density at radius 2 is 1.93 bits per heavy atom. The summed E-state index contributed by atoms with van der Waals surface area (Å²) >= 11 is 11.4. The minimum Gasteiger partial charge on any atom is -0.454 e. The van der Waals surface area contributed by atoms with Gasteiger partial charge in [-0.3, -0.25) is 4.79 Å². The fourth-order valence-corrected chi connectivity index (χ4v) is 3.58. The van der Waals surface area contributed by atoms with Crippen LogP contribution >= 0.6 is 23.2 Å². The molecule has 0 saturated heterocycles. The smallest absolute Gasteiger partial charge is 0.311 e. The highest BCUT2D eigenvalue weighted by Gasteiger charge is 2.62. The molecule has 150 valence electrons. The van der Waals surface area contributed by atoms with Gasteiger partial charge in [-0.2, -0.15) is 5.26 Å². The Morgan fingerprint density at radius 3 is 2.55 bits per heavy atom. The molecule has 0 aliphatic heterocycles. The van der Waals surface area contributed by atoms with Crippen LogP contribution in [0.4, 0.5) is 4.39 Å². The molecule has 1 saturated carbocycles. The van der Waals surface area contributed by atoms with Crippen LogP contribution in [0.1, 0.15) is 25.5 Å². The average molecular weight is 434 g/mol. The van der Waals surface area contributed by atoms with Gasteiger partial charge >= 0.3 is 5.97 Å². The van der Waals surface area contributed by atoms with E-state index in [1.165, 1.54) is 18.2 Å². The summed E-state index contributed by atoms with van der Waals surface area (Å²) in [6.45, 7) is 3.78. The summed E-state index contributed by atoms with van der Waals surface area (Å²) in [5.74, 6) is -1.39. The zero-order valence-corrected chi connectivity index (χ0v) is 17.2. The molecule has 4 nitrogen and oxygen atoms in total. The van der Waals surface area contributed by atoms with Crippen LogP contribution in [-0.2, 0) is 9.53 Å². The van der Waals surface area contributed by atoms with Crippen LogP contribution in [0.2, 0.25) is 0 Å². The van der Waals surface area contributed by atoms with Gasteiger partial charge in [-0.05, 0) is 41.7 Å². The van der Waals surface area contributed by atoms with E-state index in [0.29, 0.717) is 11.3 Å². The number of allylic oxidation sites excluding steroid dienone is 1. The second-order valence-corrected chi connectivity index (χ2v) is 8.34. The van der Waals surface area contributed by atoms with Gasteiger partial charge in [0.15, 0.2) is 11.6 Å². The molecule has 1 aliphatic carbocycles. The number of esters is 1. The quantitative estimate of drug-likeness (QED) is 0.500. The third-order valence-electron chi connectivity index (χ3n) is 5.05. The molecule has 0 aromatic heterocycles. The molecule has 29 heavy (non-hydrogen) atoms. The summed E-state index contributed by atoms with van der Waals surface area (Å²) in [6.07, 6.45) is 0.397. The summed E-state index contributed by atoms with van der Waals surface area (Å²) in [6, 6.07) is 14.5. The highest BCUT2D eigenvalue weighted by Crippen LogP contribution is 2.60. The molecule has 0 heterocycles. The van der Waals surface area contributed by atoms with Crippen molar-refractivity contribution in [1.82, 2.24) is 0 Å². The topological polar surface area (TPSA) is 59.3 Å². The van der Waals surface area contributed by atoms with Crippen molar-refractivity contribution in [1.29, 1.82) is 5.26 Å². The molecule has 1 fully saturated rings. The van der Waals surface area contributed by atoms with Gasteiger partial charge in [0.1, 0.15) is 16.3 Å². The molecule has 7 heteroatoms. The van der Waals surface area contributed by atoms with Gasteiger partial charge in [-0.25, -0.2) is 4.39 Å². The number of rotatable bonds is 6. The lowest BCUT2D eigenvalue weighted by atomic mass is 10.1. The van der Waals surface area contributed by atoms with Crippen LogP contribution in [0.5, 0.6) is 11.5 Å². The van der Waals surface area contributed by atoms with Crippen molar-refractivity contribution in [2.75, 3.05) is 0 Å². The van der Waals surface area contributed by atoms with Gasteiger partial charge in [0, 0.05) is 5.56 Å². The van der Waals surface area contributed by atoms with E-state index in [2.05, 4.69) is 0 Å². The van der Waals surface area contributed by atoms with E-state index in [0.717, 1.165) is 0 Å². The van der Waals surface area contributed by atoms with Crippen LogP contribution in [0.3, 0.4) is 0 Å². The second-order valence-electron chi connectivity index (χ2n) is 7.33. The molecular formula is C22H18Cl2FNO3. The second kappa shape index (κ2) is 8.44. The van der Waals surface area contributed by atoms with Crippen LogP contribution in [-0.4, -0.2) is 5.97 Å². The molecule has 0 amide bonds. The number of ether oxygens (including phenoxy) is 2. The zero-order chi connectivity index (χ0) is 21.2. The predicted octanol–water partition coefficient (Wildman–Crippen LogP) is 6.32. The Morgan fingerprint density at radius 1 is 1.24 bits per heavy atom. The number of carbonyl (C=O) groups excluding carboxylic acids is 1. The van der Waals surface area contributed by atoms with Crippen molar-refractivity contribution in [3.8, 4) is 17.6 Å². The van der Waals surface area contributed by atoms with Crippen molar-refractivity contribution in [2.45, 2.75) is 20.0 Å². The average Bonchev–Trinajstić information content (AvgIpc) is 3.21. The minimum absolute atomic E-state index is 0.0634. The molecule has 3 rings (SSSR count). The molecule has 0 radical (unpaired) electrons. The Labute approximate surface area is 178 Å². The van der Waals surface area contributed by atoms with Gasteiger partial charge in [0.05, 0.1) is 5.92 Å². The molecule has 0 spiro atoms. The molecule has 3 atom stereocenters. The molecule has 1 aliphatic rings. The van der Waals surface area contributed by atoms with Gasteiger partial charge < -0.3 is 9.47 Å². The third-order valence-corrected chi connectivity index (χ3v) is 5.30. The highest BCUT2D eigenvalue weighted by atomic mass is 35.5. The Hall–Kier alpha value is -2.55. The van der Waals surface area contributed by atoms with Crippen LogP contribution in [0.25, 0.3) is 0 Å². The van der Waals surface area contributed by atoms with Crippen molar-refractivity contribution in [2.24, 2.45) is 17.3 Å². The molecule has 0 N–H and O–H groups in total. The van der Waals surface area contributed by atoms with Crippen molar-refractivity contribution in [3.05, 3.63) is 70.5 Å². The van der Waals surface area contributed by atoms with Crippen LogP contribution in [0.15, 0.2) is 59.1 Å². The first kappa shape index (κ1) is 21.2. The SMILES string of the molecule is CC1(C)[C@H](C=C(Cl)Cl)[C@H]1C(=O)OC(C#N)c1ccc(F)c(Oc2ccccc2)c1. The summed E-state index contributed by atoms with van der Waals surface area (Å²) in [7, 11) is 0. The fraction of sp³-hybridized carbons (Fsp3) is 0.273. The number of carbonyl (C=O) groups is 1. The lowest BCUT2D eigenvalue weighted by Crippen LogP contribution is -2.14. The Bertz CT molecular complexity index is 981. The largest absolute Gasteiger partial charge is 0.454 e. The normalized spacial score (nSPS) is 20.1. The lowest BCUT2D eigenvalue weighted by molar-refractivity contribution is -0.149. The summed E-state index contributed by atoms with van der Waals surface area (Å²) in [5, 5.41) is 9.51. The van der Waals surface area contributed by atoms with Gasteiger partial charge in [0.2, 0.25) is 6.10 Å².